The largest absolute Gasteiger partial charge is 0.497 e. The van der Waals surface area contributed by atoms with Crippen LogP contribution >= 0.6 is 0 Å². The van der Waals surface area contributed by atoms with Crippen LogP contribution < -0.4 is 4.74 Å². The Labute approximate surface area is 302 Å². The molecule has 1 unspecified atom stereocenters. The number of carbonyl (C=O) groups is 3. The molecule has 280 valence electrons. The molecule has 3 aromatic heterocycles. The Bertz CT molecular complexity index is 1810. The van der Waals surface area contributed by atoms with Gasteiger partial charge in [0.2, 0.25) is 0 Å². The van der Waals surface area contributed by atoms with Crippen LogP contribution in [-0.2, 0) is 37.6 Å². The van der Waals surface area contributed by atoms with Gasteiger partial charge in [-0.2, -0.15) is 0 Å². The number of methoxy groups -OCH3 is 1. The summed E-state index contributed by atoms with van der Waals surface area (Å²) >= 11 is 0. The molecule has 1 saturated heterocycles. The number of fused-ring (bicyclic) bond motifs is 1. The summed E-state index contributed by atoms with van der Waals surface area (Å²) in [5.41, 5.74) is 2.40. The molecule has 5 rings (SSSR count). The number of nitrogens with zero attached hydrogens (tertiary/aromatic N) is 6. The molecule has 4 aromatic rings. The maximum absolute atomic E-state index is 10.3. The van der Waals surface area contributed by atoms with E-state index >= 15 is 0 Å². The molecular weight excluding hydrogens is 672 g/mol. The van der Waals surface area contributed by atoms with E-state index in [9.17, 15) is 14.4 Å². The van der Waals surface area contributed by atoms with E-state index < -0.39 is 36.4 Å². The molecule has 0 radical (unpaired) electrons. The van der Waals surface area contributed by atoms with Crippen molar-refractivity contribution in [2.75, 3.05) is 33.4 Å². The maximum atomic E-state index is 10.3. The maximum Gasteiger partial charge on any atom is 0.336 e. The van der Waals surface area contributed by atoms with Gasteiger partial charge in [0, 0.05) is 49.0 Å². The number of benzene rings is 1. The van der Waals surface area contributed by atoms with Gasteiger partial charge in [0.25, 0.3) is 0 Å². The minimum atomic E-state index is -2.74. The van der Waals surface area contributed by atoms with Gasteiger partial charge < -0.3 is 34.5 Å². The van der Waals surface area contributed by atoms with Crippen LogP contribution in [0.3, 0.4) is 0 Å². The van der Waals surface area contributed by atoms with Crippen molar-refractivity contribution in [1.82, 2.24) is 29.4 Å². The molecule has 1 fully saturated rings. The minimum absolute atomic E-state index is 0.0557. The first-order chi connectivity index (χ1) is 24.6. The van der Waals surface area contributed by atoms with Crippen molar-refractivity contribution >= 4 is 29.1 Å². The van der Waals surface area contributed by atoms with E-state index in [-0.39, 0.29) is 11.0 Å². The average molecular weight is 721 g/mol. The van der Waals surface area contributed by atoms with Gasteiger partial charge in [-0.15, -0.1) is 0 Å². The zero-order valence-electron chi connectivity index (χ0n) is 30.3. The normalized spacial score (nSPS) is 16.3. The highest BCUT2D eigenvalue weighted by Crippen LogP contribution is 2.42. The second kappa shape index (κ2) is 17.0. The SMILES string of the molecule is CCOCC1(CCc2nc3ncncc3n2Cc2ccc(OC)cc2)CCN(C(C)(C)c2ccc(C)nc2)C1.O=C(O)CC(O)(CC(=O)O)C(=O)O. The highest BCUT2D eigenvalue weighted by atomic mass is 16.5. The summed E-state index contributed by atoms with van der Waals surface area (Å²) < 4.78 is 13.7. The first-order valence-electron chi connectivity index (χ1n) is 17.0. The molecular formula is C37H48N6O9. The summed E-state index contributed by atoms with van der Waals surface area (Å²) in [6.07, 6.45) is 6.11. The third kappa shape index (κ3) is 9.86. The number of aliphatic carboxylic acids is 3. The fourth-order valence-corrected chi connectivity index (χ4v) is 6.42. The summed E-state index contributed by atoms with van der Waals surface area (Å²) in [6, 6.07) is 12.5. The number of pyridine rings is 1. The molecule has 1 atom stereocenters. The van der Waals surface area contributed by atoms with Crippen LogP contribution in [0.25, 0.3) is 11.2 Å². The number of ether oxygens (including phenoxy) is 2. The van der Waals surface area contributed by atoms with E-state index in [1.165, 1.54) is 11.1 Å². The van der Waals surface area contributed by atoms with E-state index in [1.807, 2.05) is 31.5 Å². The van der Waals surface area contributed by atoms with Crippen LogP contribution in [0.5, 0.6) is 5.75 Å². The number of rotatable bonds is 16. The van der Waals surface area contributed by atoms with Crippen molar-refractivity contribution in [3.8, 4) is 5.75 Å². The quantitative estimate of drug-likeness (QED) is 0.129. The molecule has 0 saturated carbocycles. The summed E-state index contributed by atoms with van der Waals surface area (Å²) in [5.74, 6) is -3.13. The summed E-state index contributed by atoms with van der Waals surface area (Å²) in [5, 5.41) is 33.8. The molecule has 1 aliphatic rings. The number of carboxylic acids is 3. The third-order valence-electron chi connectivity index (χ3n) is 9.63. The Morgan fingerprint density at radius 2 is 1.67 bits per heavy atom. The molecule has 0 amide bonds. The first kappa shape index (κ1) is 39.8. The second-order valence-electron chi connectivity index (χ2n) is 13.7. The number of aliphatic hydroxyl groups is 1. The molecule has 0 bridgehead atoms. The van der Waals surface area contributed by atoms with E-state index in [0.717, 1.165) is 74.0 Å². The first-order valence-corrected chi connectivity index (χ1v) is 17.0. The zero-order valence-corrected chi connectivity index (χ0v) is 30.3. The highest BCUT2D eigenvalue weighted by molar-refractivity contribution is 5.88. The zero-order chi connectivity index (χ0) is 38.1. The molecule has 15 nitrogen and oxygen atoms in total. The lowest BCUT2D eigenvalue weighted by Gasteiger charge is -2.38. The topological polar surface area (TPSA) is 210 Å². The van der Waals surface area contributed by atoms with Gasteiger partial charge in [-0.05, 0) is 76.4 Å². The number of hydrogen-bond acceptors (Lipinski definition) is 11. The minimum Gasteiger partial charge on any atom is -0.497 e. The fraction of sp³-hybridized carbons (Fsp3) is 0.486. The highest BCUT2D eigenvalue weighted by Gasteiger charge is 2.44. The Morgan fingerprint density at radius 3 is 2.25 bits per heavy atom. The molecule has 1 aliphatic heterocycles. The van der Waals surface area contributed by atoms with Crippen molar-refractivity contribution in [3.05, 3.63) is 77.8 Å². The predicted molar refractivity (Wildman–Crippen MR) is 190 cm³/mol. The van der Waals surface area contributed by atoms with Crippen molar-refractivity contribution in [2.45, 2.75) is 77.5 Å². The van der Waals surface area contributed by atoms with Gasteiger partial charge in [0.15, 0.2) is 11.2 Å². The average Bonchev–Trinajstić information content (AvgIpc) is 3.69. The number of aromatic nitrogens is 5. The van der Waals surface area contributed by atoms with Crippen LogP contribution in [0.4, 0.5) is 0 Å². The molecule has 52 heavy (non-hydrogen) atoms. The van der Waals surface area contributed by atoms with Crippen LogP contribution in [0.1, 0.15) is 69.1 Å². The number of likely N-dealkylation sites (tertiary alicyclic amines) is 1. The van der Waals surface area contributed by atoms with Crippen LogP contribution in [-0.4, -0.2) is 107 Å². The monoisotopic (exact) mass is 720 g/mol. The Kier molecular flexibility index (Phi) is 13.0. The Morgan fingerprint density at radius 1 is 0.981 bits per heavy atom. The van der Waals surface area contributed by atoms with Crippen molar-refractivity contribution in [1.29, 1.82) is 0 Å². The molecule has 4 N–H and O–H groups in total. The van der Waals surface area contributed by atoms with Crippen molar-refractivity contribution < 1.29 is 44.3 Å². The van der Waals surface area contributed by atoms with Gasteiger partial charge >= 0.3 is 17.9 Å². The lowest BCUT2D eigenvalue weighted by molar-refractivity contribution is -0.170. The van der Waals surface area contributed by atoms with Gasteiger partial charge in [0.05, 0.1) is 32.8 Å². The van der Waals surface area contributed by atoms with Gasteiger partial charge in [0.1, 0.15) is 23.4 Å². The second-order valence-corrected chi connectivity index (χ2v) is 13.7. The summed E-state index contributed by atoms with van der Waals surface area (Å²) in [4.78, 5) is 51.4. The number of aryl methyl sites for hydroxylation is 2. The van der Waals surface area contributed by atoms with Gasteiger partial charge in [-0.3, -0.25) is 19.5 Å². The van der Waals surface area contributed by atoms with E-state index in [1.54, 1.807) is 13.4 Å². The van der Waals surface area contributed by atoms with Gasteiger partial charge in [-0.1, -0.05) is 18.2 Å². The summed E-state index contributed by atoms with van der Waals surface area (Å²) in [7, 11) is 1.69. The molecule has 15 heteroatoms. The van der Waals surface area contributed by atoms with E-state index in [2.05, 4.69) is 69.5 Å². The van der Waals surface area contributed by atoms with Gasteiger partial charge in [-0.25, -0.2) is 19.7 Å². The Balaban J connectivity index is 0.000000398. The molecule has 4 heterocycles. The molecule has 0 spiro atoms. The lowest BCUT2D eigenvalue weighted by Crippen LogP contribution is -2.42. The summed E-state index contributed by atoms with van der Waals surface area (Å²) in [6.45, 7) is 12.9. The fourth-order valence-electron chi connectivity index (χ4n) is 6.42. The van der Waals surface area contributed by atoms with Crippen molar-refractivity contribution in [3.63, 3.8) is 0 Å². The standard InChI is InChI=1S/C31H40N6O2.C6H8O7/c1-6-39-21-31(15-16-36(20-31)30(3,4)25-10-7-23(2)33-17-25)14-13-28-35-29-27(18-32-22-34-29)37(28)19-24-8-11-26(38-5)12-9-24;7-3(8)1-6(13,5(11)12)2-4(9)10/h7-12,17-18,22H,6,13-16,19-21H2,1-5H3;13H,1-2H2,(H,7,8)(H,9,10)(H,11,12). The number of hydrogen-bond donors (Lipinski definition) is 4. The Hall–Kier alpha value is -4.99. The van der Waals surface area contributed by atoms with E-state index in [4.69, 9.17) is 34.9 Å². The molecule has 1 aromatic carbocycles. The number of carboxylic acid groups (broad SMARTS) is 3. The van der Waals surface area contributed by atoms with Crippen LogP contribution in [0.15, 0.2) is 55.1 Å². The molecule has 0 aliphatic carbocycles. The van der Waals surface area contributed by atoms with Crippen LogP contribution in [0.2, 0.25) is 0 Å². The number of imidazole rings is 1. The lowest BCUT2D eigenvalue weighted by atomic mass is 9.82. The smallest absolute Gasteiger partial charge is 0.336 e. The van der Waals surface area contributed by atoms with Crippen LogP contribution in [0, 0.1) is 12.3 Å². The van der Waals surface area contributed by atoms with Crippen molar-refractivity contribution in [2.24, 2.45) is 5.41 Å². The van der Waals surface area contributed by atoms with E-state index in [0.29, 0.717) is 6.54 Å². The third-order valence-corrected chi connectivity index (χ3v) is 9.63. The predicted octanol–water partition coefficient (Wildman–Crippen LogP) is 3.93.